The summed E-state index contributed by atoms with van der Waals surface area (Å²) in [6.45, 7) is 0. The third-order valence-corrected chi connectivity index (χ3v) is 4.66. The molecule has 1 aromatic heterocycles. The van der Waals surface area contributed by atoms with Crippen molar-refractivity contribution in [2.45, 2.75) is 18.0 Å². The molecule has 0 fully saturated rings. The molecule has 0 unspecified atom stereocenters. The van der Waals surface area contributed by atoms with Gasteiger partial charge in [0.25, 0.3) is 0 Å². The second-order valence-corrected chi connectivity index (χ2v) is 6.68. The number of hydrogen-bond acceptors (Lipinski definition) is 2. The van der Waals surface area contributed by atoms with Crippen LogP contribution in [-0.4, -0.2) is 17.3 Å². The molecule has 148 valence electrons. The van der Waals surface area contributed by atoms with Crippen molar-refractivity contribution in [1.82, 2.24) is 4.98 Å². The van der Waals surface area contributed by atoms with Crippen LogP contribution in [0.5, 0.6) is 0 Å². The molecular formula is C18H10BrF7N2. The van der Waals surface area contributed by atoms with Crippen LogP contribution in [0.2, 0.25) is 0 Å². The van der Waals surface area contributed by atoms with E-state index in [1.54, 1.807) is 30.3 Å². The van der Waals surface area contributed by atoms with Crippen molar-refractivity contribution in [2.75, 3.05) is 5.32 Å². The lowest BCUT2D eigenvalue weighted by molar-refractivity contribution is -0.349. The molecule has 0 aliphatic carbocycles. The van der Waals surface area contributed by atoms with Gasteiger partial charge >= 0.3 is 18.0 Å². The van der Waals surface area contributed by atoms with Gasteiger partial charge in [0.05, 0.1) is 16.9 Å². The van der Waals surface area contributed by atoms with Gasteiger partial charge in [-0.2, -0.15) is 26.3 Å². The second kappa shape index (κ2) is 6.91. The van der Waals surface area contributed by atoms with Gasteiger partial charge in [0.15, 0.2) is 0 Å². The number of nitrogens with one attached hydrogen (secondary N) is 1. The van der Waals surface area contributed by atoms with E-state index in [1.807, 2.05) is 0 Å². The fraction of sp³-hybridized carbons (Fsp3) is 0.167. The highest BCUT2D eigenvalue weighted by Crippen LogP contribution is 2.53. The molecule has 2 aromatic carbocycles. The maximum absolute atomic E-state index is 14.3. The molecule has 0 aliphatic rings. The molecule has 28 heavy (non-hydrogen) atoms. The summed E-state index contributed by atoms with van der Waals surface area (Å²) in [5, 5.41) is 3.23. The van der Waals surface area contributed by atoms with E-state index in [2.05, 4.69) is 26.2 Å². The summed E-state index contributed by atoms with van der Waals surface area (Å²) in [6.07, 6.45) is -12.4. The molecule has 0 spiro atoms. The number of hydrogen-bond donors (Lipinski definition) is 1. The standard InChI is InChI=1S/C18H10BrF7N2/c19-12-7-8-13-11(15(12)27-10-4-2-1-3-5-10)6-9-14(28-13)16(20,17(21,22)23)18(24,25)26/h1-9,27H. The van der Waals surface area contributed by atoms with Gasteiger partial charge in [-0.15, -0.1) is 0 Å². The van der Waals surface area contributed by atoms with E-state index < -0.39 is 23.7 Å². The predicted octanol–water partition coefficient (Wildman–Crippen LogP) is 7.03. The van der Waals surface area contributed by atoms with E-state index in [4.69, 9.17) is 0 Å². The molecule has 0 bridgehead atoms. The Balaban J connectivity index is 2.17. The van der Waals surface area contributed by atoms with Gasteiger partial charge in [-0.1, -0.05) is 18.2 Å². The van der Waals surface area contributed by atoms with Gasteiger partial charge in [-0.3, -0.25) is 0 Å². The quantitative estimate of drug-likeness (QED) is 0.419. The number of nitrogens with zero attached hydrogens (tertiary/aromatic N) is 1. The molecule has 0 saturated heterocycles. The van der Waals surface area contributed by atoms with Crippen molar-refractivity contribution in [1.29, 1.82) is 0 Å². The zero-order valence-corrected chi connectivity index (χ0v) is 15.3. The summed E-state index contributed by atoms with van der Waals surface area (Å²) in [6, 6.07) is 12.6. The average Bonchev–Trinajstić information content (AvgIpc) is 2.62. The largest absolute Gasteiger partial charge is 0.437 e. The van der Waals surface area contributed by atoms with Gasteiger partial charge in [0.1, 0.15) is 0 Å². The van der Waals surface area contributed by atoms with Crippen LogP contribution in [0, 0.1) is 0 Å². The van der Waals surface area contributed by atoms with Crippen LogP contribution in [-0.2, 0) is 5.67 Å². The normalized spacial score (nSPS) is 13.0. The highest BCUT2D eigenvalue weighted by atomic mass is 79.9. The van der Waals surface area contributed by atoms with E-state index in [9.17, 15) is 30.7 Å². The third-order valence-electron chi connectivity index (χ3n) is 4.00. The summed E-state index contributed by atoms with van der Waals surface area (Å²) >= 11 is 3.27. The summed E-state index contributed by atoms with van der Waals surface area (Å²) in [7, 11) is 0. The Labute approximate surface area is 162 Å². The highest BCUT2D eigenvalue weighted by molar-refractivity contribution is 9.10. The Kier molecular flexibility index (Phi) is 5.03. The first kappa shape index (κ1) is 20.4. The lowest BCUT2D eigenvalue weighted by atomic mass is 9.98. The van der Waals surface area contributed by atoms with Gasteiger partial charge in [-0.05, 0) is 52.3 Å². The minimum atomic E-state index is -6.22. The van der Waals surface area contributed by atoms with Crippen LogP contribution in [0.15, 0.2) is 59.1 Å². The minimum Gasteiger partial charge on any atom is -0.354 e. The fourth-order valence-electron chi connectivity index (χ4n) is 2.61. The van der Waals surface area contributed by atoms with Crippen LogP contribution < -0.4 is 5.32 Å². The first-order valence-corrected chi connectivity index (χ1v) is 8.48. The Morgan fingerprint density at radius 1 is 0.750 bits per heavy atom. The van der Waals surface area contributed by atoms with E-state index in [0.29, 0.717) is 21.9 Å². The summed E-state index contributed by atoms with van der Waals surface area (Å²) in [5.41, 5.74) is -6.58. The van der Waals surface area contributed by atoms with Gasteiger partial charge in [-0.25, -0.2) is 9.37 Å². The molecule has 3 aromatic rings. The monoisotopic (exact) mass is 466 g/mol. The molecule has 1 heterocycles. The van der Waals surface area contributed by atoms with Crippen molar-refractivity contribution in [3.8, 4) is 0 Å². The molecule has 0 aliphatic heterocycles. The van der Waals surface area contributed by atoms with Crippen LogP contribution in [0.3, 0.4) is 0 Å². The number of anilines is 2. The van der Waals surface area contributed by atoms with Crippen LogP contribution in [0.4, 0.5) is 42.1 Å². The van der Waals surface area contributed by atoms with Crippen molar-refractivity contribution in [3.63, 3.8) is 0 Å². The minimum absolute atomic E-state index is 0.216. The Morgan fingerprint density at radius 2 is 1.36 bits per heavy atom. The molecule has 2 nitrogen and oxygen atoms in total. The van der Waals surface area contributed by atoms with E-state index in [1.165, 1.54) is 12.1 Å². The molecular weight excluding hydrogens is 457 g/mol. The van der Waals surface area contributed by atoms with Crippen molar-refractivity contribution >= 4 is 38.2 Å². The average molecular weight is 467 g/mol. The van der Waals surface area contributed by atoms with Crippen molar-refractivity contribution < 1.29 is 30.7 Å². The number of rotatable bonds is 3. The maximum Gasteiger partial charge on any atom is 0.437 e. The first-order chi connectivity index (χ1) is 12.9. The summed E-state index contributed by atoms with van der Waals surface area (Å²) < 4.78 is 92.5. The molecule has 3 rings (SSSR count). The molecule has 10 heteroatoms. The fourth-order valence-corrected chi connectivity index (χ4v) is 3.06. The second-order valence-electron chi connectivity index (χ2n) is 5.83. The van der Waals surface area contributed by atoms with Crippen LogP contribution in [0.25, 0.3) is 10.9 Å². The number of pyridine rings is 1. The molecule has 0 saturated carbocycles. The molecule has 0 amide bonds. The number of benzene rings is 2. The Morgan fingerprint density at radius 3 is 1.93 bits per heavy atom. The number of alkyl halides is 7. The van der Waals surface area contributed by atoms with Gasteiger partial charge < -0.3 is 5.32 Å². The lowest BCUT2D eigenvalue weighted by Gasteiger charge is -2.29. The first-order valence-electron chi connectivity index (χ1n) is 7.69. The van der Waals surface area contributed by atoms with Crippen LogP contribution >= 0.6 is 15.9 Å². The molecule has 0 atom stereocenters. The maximum atomic E-state index is 14.3. The number of para-hydroxylation sites is 1. The number of aromatic nitrogens is 1. The van der Waals surface area contributed by atoms with E-state index in [-0.39, 0.29) is 10.9 Å². The smallest absolute Gasteiger partial charge is 0.354 e. The summed E-state index contributed by atoms with van der Waals surface area (Å²) in [5.74, 6) is 0. The van der Waals surface area contributed by atoms with Crippen LogP contribution in [0.1, 0.15) is 5.69 Å². The number of halogens is 8. The zero-order valence-electron chi connectivity index (χ0n) is 13.7. The van der Waals surface area contributed by atoms with Gasteiger partial charge in [0.2, 0.25) is 0 Å². The number of fused-ring (bicyclic) bond motifs is 1. The van der Waals surface area contributed by atoms with E-state index >= 15 is 0 Å². The van der Waals surface area contributed by atoms with Crippen molar-refractivity contribution in [2.24, 2.45) is 0 Å². The van der Waals surface area contributed by atoms with Crippen molar-refractivity contribution in [3.05, 3.63) is 64.8 Å². The topological polar surface area (TPSA) is 24.9 Å². The SMILES string of the molecule is FC(F)(F)C(F)(c1ccc2c(Nc3ccccc3)c(Br)ccc2n1)C(F)(F)F. The zero-order chi connectivity index (χ0) is 20.7. The molecule has 1 N–H and O–H groups in total. The predicted molar refractivity (Wildman–Crippen MR) is 94.1 cm³/mol. The third kappa shape index (κ3) is 3.41. The Bertz CT molecular complexity index is 986. The Hall–Kier alpha value is -2.36. The molecule has 0 radical (unpaired) electrons. The lowest BCUT2D eigenvalue weighted by Crippen LogP contribution is -2.50. The highest BCUT2D eigenvalue weighted by Gasteiger charge is 2.74. The van der Waals surface area contributed by atoms with E-state index in [0.717, 1.165) is 6.07 Å². The van der Waals surface area contributed by atoms with Gasteiger partial charge in [0, 0.05) is 15.5 Å². The summed E-state index contributed by atoms with van der Waals surface area (Å²) in [4.78, 5) is 3.35.